The molecule has 0 aliphatic heterocycles. The summed E-state index contributed by atoms with van der Waals surface area (Å²) < 4.78 is 1.10. The van der Waals surface area contributed by atoms with Crippen LogP contribution in [0.1, 0.15) is 45.2 Å². The quantitative estimate of drug-likeness (QED) is 0.887. The predicted molar refractivity (Wildman–Crippen MR) is 79.5 cm³/mol. The summed E-state index contributed by atoms with van der Waals surface area (Å²) in [4.78, 5) is 2.32. The van der Waals surface area contributed by atoms with E-state index < -0.39 is 0 Å². The standard InChI is InChI=1S/C14H23BrN2/c1-5-6-10(2)17(4)12-7-8-13(11(3)16)14(15)9-12/h7-11H,5-6,16H2,1-4H3/t10?,11-/m0/s1. The second kappa shape index (κ2) is 6.41. The molecule has 0 bridgehead atoms. The zero-order valence-corrected chi connectivity index (χ0v) is 12.8. The van der Waals surface area contributed by atoms with Gasteiger partial charge in [-0.15, -0.1) is 0 Å². The molecule has 2 nitrogen and oxygen atoms in total. The van der Waals surface area contributed by atoms with Crippen LogP contribution in [0.5, 0.6) is 0 Å². The average Bonchev–Trinajstić information content (AvgIpc) is 2.27. The van der Waals surface area contributed by atoms with Crippen molar-refractivity contribution >= 4 is 21.6 Å². The Bertz CT molecular complexity index is 363. The lowest BCUT2D eigenvalue weighted by Crippen LogP contribution is -2.28. The van der Waals surface area contributed by atoms with E-state index in [1.54, 1.807) is 0 Å². The Morgan fingerprint density at radius 3 is 2.47 bits per heavy atom. The summed E-state index contributed by atoms with van der Waals surface area (Å²) in [5.41, 5.74) is 8.30. The highest BCUT2D eigenvalue weighted by Gasteiger charge is 2.11. The van der Waals surface area contributed by atoms with E-state index in [1.165, 1.54) is 18.5 Å². The molecule has 0 fully saturated rings. The maximum Gasteiger partial charge on any atom is 0.0377 e. The minimum Gasteiger partial charge on any atom is -0.372 e. The molecule has 3 heteroatoms. The lowest BCUT2D eigenvalue weighted by molar-refractivity contribution is 0.616. The topological polar surface area (TPSA) is 29.3 Å². The number of benzene rings is 1. The fourth-order valence-corrected chi connectivity index (χ4v) is 2.70. The predicted octanol–water partition coefficient (Wildman–Crippen LogP) is 4.09. The van der Waals surface area contributed by atoms with Crippen LogP contribution in [0.25, 0.3) is 0 Å². The van der Waals surface area contributed by atoms with Crippen molar-refractivity contribution in [3.05, 3.63) is 28.2 Å². The van der Waals surface area contributed by atoms with Crippen molar-refractivity contribution in [2.45, 2.75) is 45.7 Å². The Hall–Kier alpha value is -0.540. The van der Waals surface area contributed by atoms with Crippen LogP contribution in [0, 0.1) is 0 Å². The number of rotatable bonds is 5. The summed E-state index contributed by atoms with van der Waals surface area (Å²) in [6, 6.07) is 7.05. The first-order chi connectivity index (χ1) is 7.97. The molecule has 1 aromatic rings. The fraction of sp³-hybridized carbons (Fsp3) is 0.571. The number of anilines is 1. The molecule has 0 aliphatic rings. The first-order valence-electron chi connectivity index (χ1n) is 6.25. The van der Waals surface area contributed by atoms with Gasteiger partial charge in [0.2, 0.25) is 0 Å². The molecule has 1 rings (SSSR count). The monoisotopic (exact) mass is 298 g/mol. The van der Waals surface area contributed by atoms with Gasteiger partial charge in [-0.1, -0.05) is 35.3 Å². The maximum atomic E-state index is 5.90. The maximum absolute atomic E-state index is 5.90. The van der Waals surface area contributed by atoms with E-state index in [9.17, 15) is 0 Å². The Kier molecular flexibility index (Phi) is 5.47. The van der Waals surface area contributed by atoms with Gasteiger partial charge in [-0.05, 0) is 38.0 Å². The van der Waals surface area contributed by atoms with Crippen molar-refractivity contribution in [1.82, 2.24) is 0 Å². The third kappa shape index (κ3) is 3.71. The third-order valence-corrected chi connectivity index (χ3v) is 3.94. The number of nitrogens with two attached hydrogens (primary N) is 1. The van der Waals surface area contributed by atoms with E-state index in [0.29, 0.717) is 6.04 Å². The smallest absolute Gasteiger partial charge is 0.0377 e. The zero-order valence-electron chi connectivity index (χ0n) is 11.2. The minimum atomic E-state index is 0.0665. The molecule has 0 radical (unpaired) electrons. The molecule has 0 amide bonds. The molecule has 1 aromatic carbocycles. The van der Waals surface area contributed by atoms with Crippen LogP contribution < -0.4 is 10.6 Å². The van der Waals surface area contributed by atoms with Crippen LogP contribution in [0.15, 0.2) is 22.7 Å². The van der Waals surface area contributed by atoms with E-state index >= 15 is 0 Å². The molecular weight excluding hydrogens is 276 g/mol. The Balaban J connectivity index is 2.89. The van der Waals surface area contributed by atoms with E-state index in [-0.39, 0.29) is 6.04 Å². The van der Waals surface area contributed by atoms with Crippen molar-refractivity contribution in [3.8, 4) is 0 Å². The third-order valence-electron chi connectivity index (χ3n) is 3.25. The first-order valence-corrected chi connectivity index (χ1v) is 7.04. The highest BCUT2D eigenvalue weighted by Crippen LogP contribution is 2.28. The van der Waals surface area contributed by atoms with Crippen LogP contribution in [-0.2, 0) is 0 Å². The van der Waals surface area contributed by atoms with Crippen molar-refractivity contribution in [3.63, 3.8) is 0 Å². The van der Waals surface area contributed by atoms with Crippen LogP contribution in [0.4, 0.5) is 5.69 Å². The SMILES string of the molecule is CCCC(C)N(C)c1ccc([C@H](C)N)c(Br)c1. The summed E-state index contributed by atoms with van der Waals surface area (Å²) in [5.74, 6) is 0. The molecule has 0 saturated carbocycles. The first kappa shape index (κ1) is 14.5. The Labute approximate surface area is 113 Å². The van der Waals surface area contributed by atoms with Crippen molar-refractivity contribution in [2.24, 2.45) is 5.73 Å². The molecule has 0 heterocycles. The van der Waals surface area contributed by atoms with Gasteiger partial charge < -0.3 is 10.6 Å². The highest BCUT2D eigenvalue weighted by atomic mass is 79.9. The normalized spacial score (nSPS) is 14.5. The van der Waals surface area contributed by atoms with Gasteiger partial charge in [-0.3, -0.25) is 0 Å². The molecule has 2 atom stereocenters. The summed E-state index contributed by atoms with van der Waals surface area (Å²) in [5, 5.41) is 0. The van der Waals surface area contributed by atoms with Gasteiger partial charge in [0.05, 0.1) is 0 Å². The highest BCUT2D eigenvalue weighted by molar-refractivity contribution is 9.10. The largest absolute Gasteiger partial charge is 0.372 e. The number of nitrogens with zero attached hydrogens (tertiary/aromatic N) is 1. The summed E-state index contributed by atoms with van der Waals surface area (Å²) in [6.45, 7) is 6.49. The van der Waals surface area contributed by atoms with Crippen LogP contribution in [0.3, 0.4) is 0 Å². The molecule has 1 unspecified atom stereocenters. The van der Waals surface area contributed by atoms with Gasteiger partial charge in [-0.25, -0.2) is 0 Å². The van der Waals surface area contributed by atoms with Gasteiger partial charge >= 0.3 is 0 Å². The van der Waals surface area contributed by atoms with E-state index in [4.69, 9.17) is 5.73 Å². The van der Waals surface area contributed by atoms with Gasteiger partial charge in [-0.2, -0.15) is 0 Å². The van der Waals surface area contributed by atoms with Gasteiger partial charge in [0.25, 0.3) is 0 Å². The van der Waals surface area contributed by atoms with Crippen LogP contribution >= 0.6 is 15.9 Å². The molecule has 0 aromatic heterocycles. The molecule has 0 aliphatic carbocycles. The minimum absolute atomic E-state index is 0.0665. The molecule has 17 heavy (non-hydrogen) atoms. The van der Waals surface area contributed by atoms with E-state index in [2.05, 4.69) is 59.9 Å². The average molecular weight is 299 g/mol. The van der Waals surface area contributed by atoms with Crippen LogP contribution in [0.2, 0.25) is 0 Å². The molecule has 96 valence electrons. The van der Waals surface area contributed by atoms with E-state index in [0.717, 1.165) is 10.0 Å². The van der Waals surface area contributed by atoms with Crippen LogP contribution in [-0.4, -0.2) is 13.1 Å². The number of hydrogen-bond donors (Lipinski definition) is 1. The van der Waals surface area contributed by atoms with Gasteiger partial charge in [0, 0.05) is 29.3 Å². The fourth-order valence-electron chi connectivity index (χ4n) is 1.97. The Morgan fingerprint density at radius 1 is 1.35 bits per heavy atom. The number of halogens is 1. The van der Waals surface area contributed by atoms with E-state index in [1.807, 2.05) is 6.92 Å². The zero-order chi connectivity index (χ0) is 13.0. The summed E-state index contributed by atoms with van der Waals surface area (Å²) >= 11 is 3.60. The molecule has 0 saturated heterocycles. The second-order valence-electron chi connectivity index (χ2n) is 4.74. The van der Waals surface area contributed by atoms with Crippen molar-refractivity contribution in [2.75, 3.05) is 11.9 Å². The van der Waals surface area contributed by atoms with Gasteiger partial charge in [0.15, 0.2) is 0 Å². The molecule has 2 N–H and O–H groups in total. The Morgan fingerprint density at radius 2 is 2.00 bits per heavy atom. The summed E-state index contributed by atoms with van der Waals surface area (Å²) in [7, 11) is 2.15. The summed E-state index contributed by atoms with van der Waals surface area (Å²) in [6.07, 6.45) is 2.42. The lowest BCUT2D eigenvalue weighted by Gasteiger charge is -2.27. The van der Waals surface area contributed by atoms with Gasteiger partial charge in [0.1, 0.15) is 0 Å². The van der Waals surface area contributed by atoms with Crippen molar-refractivity contribution < 1.29 is 0 Å². The molecular formula is C14H23BrN2. The molecule has 0 spiro atoms. The second-order valence-corrected chi connectivity index (χ2v) is 5.60. The lowest BCUT2D eigenvalue weighted by atomic mass is 10.1. The number of hydrogen-bond acceptors (Lipinski definition) is 2. The van der Waals surface area contributed by atoms with Crippen molar-refractivity contribution in [1.29, 1.82) is 0 Å².